The van der Waals surface area contributed by atoms with E-state index in [-0.39, 0.29) is 5.38 Å². The highest BCUT2D eigenvalue weighted by Crippen LogP contribution is 2.38. The molecule has 1 saturated carbocycles. The predicted molar refractivity (Wildman–Crippen MR) is 77.2 cm³/mol. The zero-order valence-electron chi connectivity index (χ0n) is 10.5. The summed E-state index contributed by atoms with van der Waals surface area (Å²) in [6.07, 6.45) is 10.1. The van der Waals surface area contributed by atoms with Gasteiger partial charge in [-0.2, -0.15) is 0 Å². The second-order valence-electron chi connectivity index (χ2n) is 5.20. The Labute approximate surface area is 113 Å². The van der Waals surface area contributed by atoms with Crippen LogP contribution in [-0.4, -0.2) is 10.4 Å². The molecule has 2 atom stereocenters. The fourth-order valence-corrected chi connectivity index (χ4v) is 3.50. The zero-order valence-corrected chi connectivity index (χ0v) is 11.2. The lowest BCUT2D eigenvalue weighted by molar-refractivity contribution is 0.604. The summed E-state index contributed by atoms with van der Waals surface area (Å²) in [6, 6.07) is 8.63. The molecule has 0 amide bonds. The summed E-state index contributed by atoms with van der Waals surface area (Å²) >= 11 is 6.61. The lowest BCUT2D eigenvalue weighted by Gasteiger charge is -2.21. The molecule has 1 aliphatic carbocycles. The first-order chi connectivity index (χ1) is 8.86. The van der Waals surface area contributed by atoms with Crippen LogP contribution in [-0.2, 0) is 0 Å². The summed E-state index contributed by atoms with van der Waals surface area (Å²) in [5.74, 6) is 0.500. The first-order valence-electron chi connectivity index (χ1n) is 6.83. The van der Waals surface area contributed by atoms with Crippen molar-refractivity contribution in [3.05, 3.63) is 42.2 Å². The van der Waals surface area contributed by atoms with E-state index in [4.69, 9.17) is 11.6 Å². The summed E-state index contributed by atoms with van der Waals surface area (Å²) in [5.41, 5.74) is 1.41. The number of alkyl halides is 1. The summed E-state index contributed by atoms with van der Waals surface area (Å²) in [4.78, 5) is 4.20. The minimum Gasteiger partial charge on any atom is -0.264 e. The number of aromatic nitrogens is 1. The van der Waals surface area contributed by atoms with Crippen LogP contribution in [0.4, 0.5) is 0 Å². The van der Waals surface area contributed by atoms with Crippen LogP contribution in [0.1, 0.15) is 43.6 Å². The molecule has 1 nitrogen and oxygen atoms in total. The molecule has 1 heterocycles. The predicted octanol–water partition coefficient (Wildman–Crippen LogP) is 4.89. The molecule has 94 valence electrons. The van der Waals surface area contributed by atoms with Crippen LogP contribution in [0.3, 0.4) is 0 Å². The molecule has 2 unspecified atom stereocenters. The monoisotopic (exact) mass is 259 g/mol. The molecule has 0 radical (unpaired) electrons. The molecule has 1 aromatic carbocycles. The van der Waals surface area contributed by atoms with Crippen LogP contribution >= 0.6 is 11.6 Å². The number of fused-ring (bicyclic) bond motifs is 1. The fourth-order valence-electron chi connectivity index (χ4n) is 3.08. The van der Waals surface area contributed by atoms with Crippen LogP contribution in [0.2, 0.25) is 0 Å². The Kier molecular flexibility index (Phi) is 3.51. The number of hydrogen-bond acceptors (Lipinski definition) is 1. The Hall–Kier alpha value is -1.08. The van der Waals surface area contributed by atoms with E-state index in [0.29, 0.717) is 5.92 Å². The van der Waals surface area contributed by atoms with Crippen molar-refractivity contribution in [3.63, 3.8) is 0 Å². The van der Waals surface area contributed by atoms with Gasteiger partial charge in [0.15, 0.2) is 0 Å². The highest BCUT2D eigenvalue weighted by molar-refractivity contribution is 6.21. The third-order valence-electron chi connectivity index (χ3n) is 4.05. The van der Waals surface area contributed by atoms with Crippen LogP contribution in [0.5, 0.6) is 0 Å². The maximum atomic E-state index is 6.61. The molecular formula is C16H18ClN. The smallest absolute Gasteiger partial charge is 0.0404 e. The lowest BCUT2D eigenvalue weighted by Crippen LogP contribution is -2.11. The average Bonchev–Trinajstić information content (AvgIpc) is 2.63. The normalized spacial score (nSPS) is 24.9. The highest BCUT2D eigenvalue weighted by atomic mass is 35.5. The van der Waals surface area contributed by atoms with Gasteiger partial charge < -0.3 is 0 Å². The van der Waals surface area contributed by atoms with Gasteiger partial charge in [0.05, 0.1) is 0 Å². The molecule has 3 rings (SSSR count). The van der Waals surface area contributed by atoms with Crippen LogP contribution < -0.4 is 0 Å². The Morgan fingerprint density at radius 1 is 1.06 bits per heavy atom. The Morgan fingerprint density at radius 3 is 2.89 bits per heavy atom. The van der Waals surface area contributed by atoms with Crippen molar-refractivity contribution < 1.29 is 0 Å². The van der Waals surface area contributed by atoms with Gasteiger partial charge in [-0.25, -0.2) is 0 Å². The van der Waals surface area contributed by atoms with Gasteiger partial charge in [-0.05, 0) is 29.9 Å². The first-order valence-corrected chi connectivity index (χ1v) is 7.26. The number of hydrogen-bond donors (Lipinski definition) is 0. The maximum Gasteiger partial charge on any atom is 0.0404 e. The molecule has 1 fully saturated rings. The molecule has 0 aliphatic heterocycles. The number of nitrogens with zero attached hydrogens (tertiary/aromatic N) is 1. The van der Waals surface area contributed by atoms with Crippen LogP contribution in [0.15, 0.2) is 36.7 Å². The van der Waals surface area contributed by atoms with E-state index in [1.807, 2.05) is 12.4 Å². The molecule has 1 aliphatic rings. The van der Waals surface area contributed by atoms with E-state index in [1.165, 1.54) is 42.0 Å². The van der Waals surface area contributed by atoms with Crippen LogP contribution in [0.25, 0.3) is 10.8 Å². The van der Waals surface area contributed by atoms with Gasteiger partial charge >= 0.3 is 0 Å². The number of pyridine rings is 1. The first kappa shape index (κ1) is 12.0. The third kappa shape index (κ3) is 2.24. The molecule has 0 N–H and O–H groups in total. The molecule has 2 heteroatoms. The summed E-state index contributed by atoms with van der Waals surface area (Å²) in [7, 11) is 0. The Bertz CT molecular complexity index is 532. The topological polar surface area (TPSA) is 12.9 Å². The molecule has 0 spiro atoms. The second-order valence-corrected chi connectivity index (χ2v) is 5.77. The van der Waals surface area contributed by atoms with E-state index in [2.05, 4.69) is 29.2 Å². The van der Waals surface area contributed by atoms with E-state index >= 15 is 0 Å². The van der Waals surface area contributed by atoms with Crippen molar-refractivity contribution in [2.45, 2.75) is 43.4 Å². The fraction of sp³-hybridized carbons (Fsp3) is 0.438. The highest BCUT2D eigenvalue weighted by Gasteiger charge is 2.24. The van der Waals surface area contributed by atoms with Crippen molar-refractivity contribution in [2.24, 2.45) is 0 Å². The zero-order chi connectivity index (χ0) is 12.4. The largest absolute Gasteiger partial charge is 0.264 e. The molecule has 2 aromatic rings. The third-order valence-corrected chi connectivity index (χ3v) is 4.57. The summed E-state index contributed by atoms with van der Waals surface area (Å²) < 4.78 is 0. The number of halogens is 1. The quantitative estimate of drug-likeness (QED) is 0.525. The molecule has 1 aromatic heterocycles. The lowest BCUT2D eigenvalue weighted by atomic mass is 9.88. The summed E-state index contributed by atoms with van der Waals surface area (Å²) in [5, 5.41) is 2.83. The molecule has 0 saturated heterocycles. The van der Waals surface area contributed by atoms with Crippen LogP contribution in [0, 0.1) is 0 Å². The Balaban J connectivity index is 2.07. The Morgan fingerprint density at radius 2 is 1.94 bits per heavy atom. The van der Waals surface area contributed by atoms with E-state index in [1.54, 1.807) is 0 Å². The van der Waals surface area contributed by atoms with Gasteiger partial charge in [0.2, 0.25) is 0 Å². The maximum absolute atomic E-state index is 6.61. The van der Waals surface area contributed by atoms with Gasteiger partial charge in [0.25, 0.3) is 0 Å². The molecular weight excluding hydrogens is 242 g/mol. The standard InChI is InChI=1S/C16H18ClN/c17-16-8-3-1-2-6-15(16)14-7-4-5-12-11-18-10-9-13(12)14/h4-5,7,9-11,15-16H,1-3,6,8H2. The average molecular weight is 260 g/mol. The summed E-state index contributed by atoms with van der Waals surface area (Å²) in [6.45, 7) is 0. The van der Waals surface area contributed by atoms with Gasteiger partial charge in [0.1, 0.15) is 0 Å². The number of rotatable bonds is 1. The van der Waals surface area contributed by atoms with E-state index in [9.17, 15) is 0 Å². The minimum atomic E-state index is 0.284. The van der Waals surface area contributed by atoms with Crippen molar-refractivity contribution in [2.75, 3.05) is 0 Å². The van der Waals surface area contributed by atoms with Gasteiger partial charge in [-0.3, -0.25) is 4.98 Å². The SMILES string of the molecule is ClC1CCCCCC1c1cccc2cnccc12. The van der Waals surface area contributed by atoms with Crippen molar-refractivity contribution in [3.8, 4) is 0 Å². The second kappa shape index (κ2) is 5.27. The number of benzene rings is 1. The van der Waals surface area contributed by atoms with Gasteiger partial charge in [-0.15, -0.1) is 11.6 Å². The van der Waals surface area contributed by atoms with E-state index in [0.717, 1.165) is 6.42 Å². The van der Waals surface area contributed by atoms with Crippen molar-refractivity contribution >= 4 is 22.4 Å². The molecule has 18 heavy (non-hydrogen) atoms. The van der Waals surface area contributed by atoms with Crippen molar-refractivity contribution in [1.29, 1.82) is 0 Å². The van der Waals surface area contributed by atoms with Crippen molar-refractivity contribution in [1.82, 2.24) is 4.98 Å². The molecule has 0 bridgehead atoms. The minimum absolute atomic E-state index is 0.284. The van der Waals surface area contributed by atoms with Gasteiger partial charge in [0, 0.05) is 29.1 Å². The van der Waals surface area contributed by atoms with Gasteiger partial charge in [-0.1, -0.05) is 37.5 Å². The van der Waals surface area contributed by atoms with E-state index < -0.39 is 0 Å².